The van der Waals surface area contributed by atoms with E-state index in [0.29, 0.717) is 5.92 Å². The Kier molecular flexibility index (Phi) is 4.10. The molecule has 0 heterocycles. The lowest BCUT2D eigenvalue weighted by atomic mass is 9.78. The molecule has 0 aliphatic heterocycles. The predicted octanol–water partition coefficient (Wildman–Crippen LogP) is 2.83. The second-order valence-corrected chi connectivity index (χ2v) is 4.01. The summed E-state index contributed by atoms with van der Waals surface area (Å²) in [6.45, 7) is 2.13. The smallest absolute Gasteiger partial charge is 0.264 e. The lowest BCUT2D eigenvalue weighted by Gasteiger charge is -2.30. The summed E-state index contributed by atoms with van der Waals surface area (Å²) < 4.78 is 24.3. The molecule has 1 nitrogen and oxygen atoms in total. The predicted molar refractivity (Wildman–Crippen MR) is 47.7 cm³/mol. The fraction of sp³-hybridized carbons (Fsp3) is 1.00. The van der Waals surface area contributed by atoms with E-state index in [1.807, 2.05) is 0 Å². The van der Waals surface area contributed by atoms with Crippen molar-refractivity contribution in [2.75, 3.05) is 0 Å². The number of halogens is 2. The van der Waals surface area contributed by atoms with E-state index in [4.69, 9.17) is 5.11 Å². The highest BCUT2D eigenvalue weighted by Crippen LogP contribution is 2.33. The van der Waals surface area contributed by atoms with Gasteiger partial charge in [-0.05, 0) is 24.7 Å². The summed E-state index contributed by atoms with van der Waals surface area (Å²) in [5.74, 6) is 0.531. The van der Waals surface area contributed by atoms with Crippen molar-refractivity contribution in [2.45, 2.75) is 51.6 Å². The summed E-state index contributed by atoms with van der Waals surface area (Å²) in [5.41, 5.74) is 0. The molecule has 1 unspecified atom stereocenters. The molecule has 1 atom stereocenters. The number of aliphatic hydroxyl groups is 1. The van der Waals surface area contributed by atoms with Gasteiger partial charge in [0.25, 0.3) is 6.43 Å². The van der Waals surface area contributed by atoms with E-state index in [0.717, 1.165) is 32.1 Å². The minimum Gasteiger partial charge on any atom is -0.387 e. The van der Waals surface area contributed by atoms with Crippen LogP contribution in [0.3, 0.4) is 0 Å². The maximum Gasteiger partial charge on any atom is 0.264 e. The summed E-state index contributed by atoms with van der Waals surface area (Å²) in [5, 5.41) is 9.16. The van der Waals surface area contributed by atoms with Crippen molar-refractivity contribution in [3.05, 3.63) is 0 Å². The van der Waals surface area contributed by atoms with Crippen LogP contribution in [0.25, 0.3) is 0 Å². The van der Waals surface area contributed by atoms with Gasteiger partial charge in [0.2, 0.25) is 0 Å². The molecule has 1 aliphatic rings. The highest BCUT2D eigenvalue weighted by atomic mass is 19.3. The lowest BCUT2D eigenvalue weighted by molar-refractivity contribution is -0.0505. The summed E-state index contributed by atoms with van der Waals surface area (Å²) >= 11 is 0. The van der Waals surface area contributed by atoms with E-state index in [-0.39, 0.29) is 5.92 Å². The van der Waals surface area contributed by atoms with Gasteiger partial charge in [-0.2, -0.15) is 0 Å². The van der Waals surface area contributed by atoms with Gasteiger partial charge < -0.3 is 5.11 Å². The number of rotatable bonds is 3. The van der Waals surface area contributed by atoms with Crippen LogP contribution < -0.4 is 0 Å². The van der Waals surface area contributed by atoms with Crippen LogP contribution in [0.2, 0.25) is 0 Å². The van der Waals surface area contributed by atoms with E-state index < -0.39 is 12.5 Å². The standard InChI is InChI=1S/C10H18F2O/c1-2-7-3-5-8(6-4-7)9(13)10(11)12/h7-10,13H,2-6H2,1H3. The third-order valence-electron chi connectivity index (χ3n) is 3.21. The van der Waals surface area contributed by atoms with E-state index in [9.17, 15) is 8.78 Å². The van der Waals surface area contributed by atoms with Gasteiger partial charge in [0, 0.05) is 0 Å². The number of hydrogen-bond acceptors (Lipinski definition) is 1. The Hall–Kier alpha value is -0.180. The van der Waals surface area contributed by atoms with Crippen molar-refractivity contribution in [3.63, 3.8) is 0 Å². The Morgan fingerprint density at radius 2 is 1.77 bits per heavy atom. The summed E-state index contributed by atoms with van der Waals surface area (Å²) in [6.07, 6.45) is 0.725. The molecule has 3 heteroatoms. The largest absolute Gasteiger partial charge is 0.387 e. The molecule has 0 saturated heterocycles. The number of alkyl halides is 2. The lowest BCUT2D eigenvalue weighted by Crippen LogP contribution is -2.31. The van der Waals surface area contributed by atoms with Crippen molar-refractivity contribution in [3.8, 4) is 0 Å². The Morgan fingerprint density at radius 3 is 2.15 bits per heavy atom. The summed E-state index contributed by atoms with van der Waals surface area (Å²) in [7, 11) is 0. The monoisotopic (exact) mass is 192 g/mol. The van der Waals surface area contributed by atoms with Crippen molar-refractivity contribution in [1.29, 1.82) is 0 Å². The van der Waals surface area contributed by atoms with Crippen molar-refractivity contribution >= 4 is 0 Å². The van der Waals surface area contributed by atoms with Crippen LogP contribution >= 0.6 is 0 Å². The first-order chi connectivity index (χ1) is 6.15. The highest BCUT2D eigenvalue weighted by Gasteiger charge is 2.30. The zero-order valence-corrected chi connectivity index (χ0v) is 8.05. The van der Waals surface area contributed by atoms with Gasteiger partial charge >= 0.3 is 0 Å². The molecule has 1 aliphatic carbocycles. The van der Waals surface area contributed by atoms with Crippen LogP contribution in [0, 0.1) is 11.8 Å². The number of hydrogen-bond donors (Lipinski definition) is 1. The highest BCUT2D eigenvalue weighted by molar-refractivity contribution is 4.78. The third-order valence-corrected chi connectivity index (χ3v) is 3.21. The van der Waals surface area contributed by atoms with Crippen molar-refractivity contribution < 1.29 is 13.9 Å². The van der Waals surface area contributed by atoms with Gasteiger partial charge in [-0.15, -0.1) is 0 Å². The van der Waals surface area contributed by atoms with E-state index in [2.05, 4.69) is 6.92 Å². The quantitative estimate of drug-likeness (QED) is 0.729. The van der Waals surface area contributed by atoms with Crippen LogP contribution in [0.1, 0.15) is 39.0 Å². The van der Waals surface area contributed by atoms with Crippen LogP contribution in [0.5, 0.6) is 0 Å². The summed E-state index contributed by atoms with van der Waals surface area (Å²) in [4.78, 5) is 0. The molecular formula is C10H18F2O. The second-order valence-electron chi connectivity index (χ2n) is 4.01. The topological polar surface area (TPSA) is 20.2 Å². The Morgan fingerprint density at radius 1 is 1.23 bits per heavy atom. The molecule has 0 spiro atoms. The molecule has 1 fully saturated rings. The first kappa shape index (κ1) is 10.9. The maximum atomic E-state index is 12.1. The molecule has 78 valence electrons. The Bertz CT molecular complexity index is 142. The fourth-order valence-corrected chi connectivity index (χ4v) is 2.14. The SMILES string of the molecule is CCC1CCC(C(O)C(F)F)CC1. The van der Waals surface area contributed by atoms with Crippen molar-refractivity contribution in [2.24, 2.45) is 11.8 Å². The Labute approximate surface area is 78.1 Å². The van der Waals surface area contributed by atoms with Gasteiger partial charge in [-0.3, -0.25) is 0 Å². The van der Waals surface area contributed by atoms with Gasteiger partial charge in [0.05, 0.1) is 0 Å². The Balaban J connectivity index is 2.32. The van der Waals surface area contributed by atoms with Crippen LogP contribution in [0.15, 0.2) is 0 Å². The normalized spacial score (nSPS) is 32.1. The molecule has 0 bridgehead atoms. The molecule has 0 aromatic heterocycles. The third kappa shape index (κ3) is 2.90. The van der Waals surface area contributed by atoms with Gasteiger partial charge in [0.1, 0.15) is 6.10 Å². The van der Waals surface area contributed by atoms with E-state index in [1.165, 1.54) is 0 Å². The van der Waals surface area contributed by atoms with Crippen LogP contribution in [-0.4, -0.2) is 17.6 Å². The second kappa shape index (κ2) is 4.89. The minimum absolute atomic E-state index is 0.164. The fourth-order valence-electron chi connectivity index (χ4n) is 2.14. The first-order valence-electron chi connectivity index (χ1n) is 5.11. The minimum atomic E-state index is -2.57. The van der Waals surface area contributed by atoms with Gasteiger partial charge in [-0.25, -0.2) is 8.78 Å². The molecule has 0 aromatic carbocycles. The molecule has 1 saturated carbocycles. The molecule has 1 rings (SSSR count). The summed E-state index contributed by atoms with van der Waals surface area (Å²) in [6, 6.07) is 0. The van der Waals surface area contributed by atoms with Crippen molar-refractivity contribution in [1.82, 2.24) is 0 Å². The van der Waals surface area contributed by atoms with Crippen LogP contribution in [-0.2, 0) is 0 Å². The molecule has 1 N–H and O–H groups in total. The van der Waals surface area contributed by atoms with Crippen LogP contribution in [0.4, 0.5) is 8.78 Å². The zero-order valence-electron chi connectivity index (χ0n) is 8.05. The molecule has 0 aromatic rings. The first-order valence-corrected chi connectivity index (χ1v) is 5.11. The molecule has 0 radical (unpaired) electrons. The average molecular weight is 192 g/mol. The molecule has 0 amide bonds. The molecular weight excluding hydrogens is 174 g/mol. The maximum absolute atomic E-state index is 12.1. The van der Waals surface area contributed by atoms with Gasteiger partial charge in [-0.1, -0.05) is 26.2 Å². The average Bonchev–Trinajstić information content (AvgIpc) is 2.17. The van der Waals surface area contributed by atoms with E-state index in [1.54, 1.807) is 0 Å². The number of aliphatic hydroxyl groups excluding tert-OH is 1. The van der Waals surface area contributed by atoms with E-state index >= 15 is 0 Å². The molecule has 13 heavy (non-hydrogen) atoms. The van der Waals surface area contributed by atoms with Gasteiger partial charge in [0.15, 0.2) is 0 Å². The zero-order chi connectivity index (χ0) is 9.84.